The Morgan fingerprint density at radius 1 is 0.944 bits per heavy atom. The second-order valence-corrected chi connectivity index (χ2v) is 4.04. The molecule has 18 heavy (non-hydrogen) atoms. The lowest BCUT2D eigenvalue weighted by Crippen LogP contribution is -1.94. The van der Waals surface area contributed by atoms with Gasteiger partial charge in [0.15, 0.2) is 5.78 Å². The van der Waals surface area contributed by atoms with Crippen LogP contribution in [0.1, 0.15) is 29.8 Å². The van der Waals surface area contributed by atoms with Gasteiger partial charge < -0.3 is 0 Å². The van der Waals surface area contributed by atoms with Crippen LogP contribution in [0, 0.1) is 0 Å². The van der Waals surface area contributed by atoms with Crippen LogP contribution in [-0.4, -0.2) is 16.5 Å². The summed E-state index contributed by atoms with van der Waals surface area (Å²) >= 11 is 0. The molecular formula is C15H14N2O. The van der Waals surface area contributed by atoms with Crippen molar-refractivity contribution in [3.63, 3.8) is 0 Å². The van der Waals surface area contributed by atoms with Gasteiger partial charge in [-0.2, -0.15) is 0 Å². The third-order valence-electron chi connectivity index (χ3n) is 2.67. The van der Waals surface area contributed by atoms with E-state index in [1.807, 2.05) is 31.2 Å². The molecule has 3 nitrogen and oxygen atoms in total. The Morgan fingerprint density at radius 3 is 2.11 bits per heavy atom. The van der Waals surface area contributed by atoms with Crippen LogP contribution >= 0.6 is 0 Å². The van der Waals surface area contributed by atoms with E-state index in [0.717, 1.165) is 17.0 Å². The second-order valence-electron chi connectivity index (χ2n) is 4.04. The van der Waals surface area contributed by atoms with E-state index in [1.54, 1.807) is 31.5 Å². The van der Waals surface area contributed by atoms with Crippen LogP contribution < -0.4 is 0 Å². The Kier molecular flexibility index (Phi) is 3.63. The minimum absolute atomic E-state index is 0.0661. The van der Waals surface area contributed by atoms with Crippen LogP contribution in [0.4, 0.5) is 5.69 Å². The highest BCUT2D eigenvalue weighted by Crippen LogP contribution is 2.15. The summed E-state index contributed by atoms with van der Waals surface area (Å²) in [5, 5.41) is 0. The van der Waals surface area contributed by atoms with Crippen LogP contribution in [0.3, 0.4) is 0 Å². The molecule has 0 radical (unpaired) electrons. The monoisotopic (exact) mass is 238 g/mol. The predicted octanol–water partition coefficient (Wildman–Crippen LogP) is 3.42. The number of Topliss-reactive ketones (excluding diaryl/α,β-unsaturated/α-hetero) is 1. The van der Waals surface area contributed by atoms with Gasteiger partial charge in [0.25, 0.3) is 0 Å². The Hall–Kier alpha value is -2.29. The van der Waals surface area contributed by atoms with Crippen molar-refractivity contribution >= 4 is 17.2 Å². The summed E-state index contributed by atoms with van der Waals surface area (Å²) in [5.41, 5.74) is 3.51. The number of nitrogens with zero attached hydrogens (tertiary/aromatic N) is 2. The molecule has 0 atom stereocenters. The lowest BCUT2D eigenvalue weighted by Gasteiger charge is -2.01. The number of rotatable bonds is 3. The van der Waals surface area contributed by atoms with Crippen molar-refractivity contribution in [2.75, 3.05) is 0 Å². The van der Waals surface area contributed by atoms with Gasteiger partial charge in [-0.1, -0.05) is 0 Å². The molecule has 0 fully saturated rings. The van der Waals surface area contributed by atoms with E-state index in [2.05, 4.69) is 9.98 Å². The largest absolute Gasteiger partial charge is 0.295 e. The highest BCUT2D eigenvalue weighted by Gasteiger charge is 2.00. The number of carbonyl (C=O) groups excluding carboxylic acids is 1. The number of hydrogen-bond acceptors (Lipinski definition) is 3. The summed E-state index contributed by atoms with van der Waals surface area (Å²) in [6, 6.07) is 11.1. The van der Waals surface area contributed by atoms with E-state index >= 15 is 0 Å². The number of pyridine rings is 1. The summed E-state index contributed by atoms with van der Waals surface area (Å²) < 4.78 is 0. The Labute approximate surface area is 106 Å². The second kappa shape index (κ2) is 5.36. The van der Waals surface area contributed by atoms with Crippen molar-refractivity contribution in [1.82, 2.24) is 4.98 Å². The summed E-state index contributed by atoms with van der Waals surface area (Å²) in [4.78, 5) is 19.6. The lowest BCUT2D eigenvalue weighted by molar-refractivity contribution is 0.101. The van der Waals surface area contributed by atoms with Gasteiger partial charge in [-0.3, -0.25) is 14.8 Å². The standard InChI is InChI=1S/C15H14N2O/c1-11(13-7-9-16-10-8-13)17-15-5-3-14(4-6-15)12(2)18/h3-10H,1-2H3. The number of ketones is 1. The van der Waals surface area contributed by atoms with E-state index in [1.165, 1.54) is 0 Å². The molecule has 90 valence electrons. The molecule has 0 saturated carbocycles. The SMILES string of the molecule is CC(=O)c1ccc(N=C(C)c2ccncc2)cc1. The van der Waals surface area contributed by atoms with Gasteiger partial charge in [-0.05, 0) is 55.8 Å². The van der Waals surface area contributed by atoms with Crippen molar-refractivity contribution in [2.45, 2.75) is 13.8 Å². The van der Waals surface area contributed by atoms with Crippen molar-refractivity contribution in [3.8, 4) is 0 Å². The molecule has 0 aliphatic heterocycles. The summed E-state index contributed by atoms with van der Waals surface area (Å²) in [6.45, 7) is 3.51. The van der Waals surface area contributed by atoms with Crippen LogP contribution in [0.5, 0.6) is 0 Å². The molecule has 0 N–H and O–H groups in total. The Bertz CT molecular complexity index is 571. The van der Waals surface area contributed by atoms with Gasteiger partial charge in [0.2, 0.25) is 0 Å². The number of benzene rings is 1. The molecule has 2 rings (SSSR count). The van der Waals surface area contributed by atoms with Gasteiger partial charge in [0.1, 0.15) is 0 Å². The fourth-order valence-corrected chi connectivity index (χ4v) is 1.62. The molecule has 0 saturated heterocycles. The van der Waals surface area contributed by atoms with Crippen molar-refractivity contribution in [2.24, 2.45) is 4.99 Å². The average Bonchev–Trinajstić information content (AvgIpc) is 2.40. The highest BCUT2D eigenvalue weighted by atomic mass is 16.1. The fourth-order valence-electron chi connectivity index (χ4n) is 1.62. The van der Waals surface area contributed by atoms with Crippen LogP contribution in [0.15, 0.2) is 53.8 Å². The molecule has 1 heterocycles. The molecule has 1 aromatic heterocycles. The Morgan fingerprint density at radius 2 is 1.56 bits per heavy atom. The van der Waals surface area contributed by atoms with E-state index in [4.69, 9.17) is 0 Å². The lowest BCUT2D eigenvalue weighted by atomic mass is 10.1. The first kappa shape index (κ1) is 12.2. The molecule has 0 aliphatic carbocycles. The molecule has 0 bridgehead atoms. The maximum atomic E-state index is 11.2. The third kappa shape index (κ3) is 2.88. The molecule has 2 aromatic rings. The third-order valence-corrected chi connectivity index (χ3v) is 2.67. The molecule has 0 amide bonds. The van der Waals surface area contributed by atoms with Gasteiger partial charge in [-0.15, -0.1) is 0 Å². The number of aromatic nitrogens is 1. The van der Waals surface area contributed by atoms with Crippen molar-refractivity contribution in [3.05, 3.63) is 59.9 Å². The first-order chi connectivity index (χ1) is 8.66. The maximum Gasteiger partial charge on any atom is 0.159 e. The highest BCUT2D eigenvalue weighted by molar-refractivity contribution is 6.00. The predicted molar refractivity (Wildman–Crippen MR) is 72.6 cm³/mol. The number of aliphatic imine (C=N–C) groups is 1. The molecule has 3 heteroatoms. The number of carbonyl (C=O) groups is 1. The summed E-state index contributed by atoms with van der Waals surface area (Å²) in [7, 11) is 0. The van der Waals surface area contributed by atoms with E-state index in [0.29, 0.717) is 5.56 Å². The minimum Gasteiger partial charge on any atom is -0.295 e. The molecule has 0 unspecified atom stereocenters. The van der Waals surface area contributed by atoms with Crippen molar-refractivity contribution in [1.29, 1.82) is 0 Å². The first-order valence-corrected chi connectivity index (χ1v) is 5.73. The van der Waals surface area contributed by atoms with Gasteiger partial charge in [0.05, 0.1) is 5.69 Å². The van der Waals surface area contributed by atoms with E-state index < -0.39 is 0 Å². The van der Waals surface area contributed by atoms with Crippen LogP contribution in [0.25, 0.3) is 0 Å². The minimum atomic E-state index is 0.0661. The zero-order valence-corrected chi connectivity index (χ0v) is 10.4. The molecular weight excluding hydrogens is 224 g/mol. The zero-order chi connectivity index (χ0) is 13.0. The van der Waals surface area contributed by atoms with Crippen molar-refractivity contribution < 1.29 is 4.79 Å². The molecule has 0 spiro atoms. The zero-order valence-electron chi connectivity index (χ0n) is 10.4. The van der Waals surface area contributed by atoms with Crippen LogP contribution in [-0.2, 0) is 0 Å². The van der Waals surface area contributed by atoms with Gasteiger partial charge in [-0.25, -0.2) is 0 Å². The molecule has 1 aromatic carbocycles. The van der Waals surface area contributed by atoms with E-state index in [-0.39, 0.29) is 5.78 Å². The average molecular weight is 238 g/mol. The fraction of sp³-hybridized carbons (Fsp3) is 0.133. The summed E-state index contributed by atoms with van der Waals surface area (Å²) in [6.07, 6.45) is 3.49. The van der Waals surface area contributed by atoms with Gasteiger partial charge in [0, 0.05) is 23.7 Å². The maximum absolute atomic E-state index is 11.2. The quantitative estimate of drug-likeness (QED) is 0.607. The number of hydrogen-bond donors (Lipinski definition) is 0. The normalized spacial score (nSPS) is 11.3. The Balaban J connectivity index is 2.25. The smallest absolute Gasteiger partial charge is 0.159 e. The first-order valence-electron chi connectivity index (χ1n) is 5.73. The summed E-state index contributed by atoms with van der Waals surface area (Å²) in [5.74, 6) is 0.0661. The van der Waals surface area contributed by atoms with E-state index in [9.17, 15) is 4.79 Å². The molecule has 0 aliphatic rings. The van der Waals surface area contributed by atoms with Gasteiger partial charge >= 0.3 is 0 Å². The topological polar surface area (TPSA) is 42.3 Å². The van der Waals surface area contributed by atoms with Crippen LogP contribution in [0.2, 0.25) is 0 Å².